The summed E-state index contributed by atoms with van der Waals surface area (Å²) < 4.78 is 11.3. The maximum Gasteiger partial charge on any atom is 0.253 e. The lowest BCUT2D eigenvalue weighted by Crippen LogP contribution is -2.35. The number of ether oxygens (including phenoxy) is 2. The van der Waals surface area contributed by atoms with Crippen molar-refractivity contribution < 1.29 is 19.1 Å². The minimum atomic E-state index is -0.221. The minimum absolute atomic E-state index is 0.0748. The van der Waals surface area contributed by atoms with Gasteiger partial charge >= 0.3 is 0 Å². The number of piperidine rings is 1. The molecule has 1 fully saturated rings. The van der Waals surface area contributed by atoms with Crippen LogP contribution in [0.15, 0.2) is 66.7 Å². The van der Waals surface area contributed by atoms with E-state index in [1.165, 1.54) is 6.42 Å². The lowest BCUT2D eigenvalue weighted by molar-refractivity contribution is 0.0724. The van der Waals surface area contributed by atoms with E-state index in [1.807, 2.05) is 53.4 Å². The maximum atomic E-state index is 12.7. The third kappa shape index (κ3) is 6.55. The van der Waals surface area contributed by atoms with Crippen molar-refractivity contribution in [3.8, 4) is 11.5 Å². The largest absolute Gasteiger partial charge is 0.493 e. The average molecular weight is 493 g/mol. The van der Waals surface area contributed by atoms with Crippen molar-refractivity contribution in [1.29, 1.82) is 0 Å². The topological polar surface area (TPSA) is 67.9 Å². The fraction of sp³-hybridized carbons (Fsp3) is 0.286. The normalized spacial score (nSPS) is 13.3. The van der Waals surface area contributed by atoms with Crippen LogP contribution >= 0.6 is 11.6 Å². The Bertz CT molecular complexity index is 1160. The molecule has 3 aromatic rings. The highest BCUT2D eigenvalue weighted by Gasteiger charge is 2.18. The van der Waals surface area contributed by atoms with Crippen LogP contribution in [-0.4, -0.2) is 36.9 Å². The average Bonchev–Trinajstić information content (AvgIpc) is 2.91. The predicted molar refractivity (Wildman–Crippen MR) is 136 cm³/mol. The second-order valence-electron chi connectivity index (χ2n) is 8.51. The molecule has 0 spiro atoms. The van der Waals surface area contributed by atoms with Gasteiger partial charge in [0.25, 0.3) is 11.8 Å². The molecule has 2 amide bonds. The van der Waals surface area contributed by atoms with Gasteiger partial charge in [-0.05, 0) is 72.9 Å². The van der Waals surface area contributed by atoms with Gasteiger partial charge in [-0.3, -0.25) is 9.59 Å². The molecule has 182 valence electrons. The van der Waals surface area contributed by atoms with E-state index in [0.29, 0.717) is 40.8 Å². The zero-order valence-electron chi connectivity index (χ0n) is 19.8. The van der Waals surface area contributed by atoms with Crippen molar-refractivity contribution in [2.45, 2.75) is 32.4 Å². The number of hydrogen-bond donors (Lipinski definition) is 1. The Labute approximate surface area is 210 Å². The zero-order valence-corrected chi connectivity index (χ0v) is 20.5. The first-order valence-corrected chi connectivity index (χ1v) is 12.1. The number of carbonyl (C=O) groups excluding carboxylic acids is 2. The van der Waals surface area contributed by atoms with Gasteiger partial charge in [-0.1, -0.05) is 35.9 Å². The van der Waals surface area contributed by atoms with Crippen molar-refractivity contribution in [1.82, 2.24) is 10.2 Å². The quantitative estimate of drug-likeness (QED) is 0.452. The van der Waals surface area contributed by atoms with E-state index < -0.39 is 0 Å². The fourth-order valence-corrected chi connectivity index (χ4v) is 4.12. The second-order valence-corrected chi connectivity index (χ2v) is 8.95. The summed E-state index contributed by atoms with van der Waals surface area (Å²) in [7, 11) is 1.54. The zero-order chi connectivity index (χ0) is 24.6. The molecule has 1 aliphatic rings. The minimum Gasteiger partial charge on any atom is -0.493 e. The van der Waals surface area contributed by atoms with Crippen LogP contribution in [0.3, 0.4) is 0 Å². The predicted octanol–water partition coefficient (Wildman–Crippen LogP) is 5.48. The molecule has 0 radical (unpaired) electrons. The van der Waals surface area contributed by atoms with Crippen molar-refractivity contribution in [2.24, 2.45) is 0 Å². The molecule has 1 saturated heterocycles. The third-order valence-electron chi connectivity index (χ3n) is 6.03. The summed E-state index contributed by atoms with van der Waals surface area (Å²) in [6.07, 6.45) is 3.32. The van der Waals surface area contributed by atoms with Crippen molar-refractivity contribution in [2.75, 3.05) is 20.2 Å². The van der Waals surface area contributed by atoms with Crippen LogP contribution < -0.4 is 14.8 Å². The maximum absolute atomic E-state index is 12.7. The number of rotatable bonds is 8. The SMILES string of the molecule is COc1cc(C(=O)NCc2ccc(C(=O)N3CCCCC3)cc2)ccc1OCc1ccc(Cl)cc1. The van der Waals surface area contributed by atoms with Gasteiger partial charge in [0.05, 0.1) is 7.11 Å². The lowest BCUT2D eigenvalue weighted by atomic mass is 10.1. The van der Waals surface area contributed by atoms with Crippen LogP contribution in [0.5, 0.6) is 11.5 Å². The summed E-state index contributed by atoms with van der Waals surface area (Å²) in [5, 5.41) is 3.59. The van der Waals surface area contributed by atoms with E-state index in [2.05, 4.69) is 5.32 Å². The number of hydrogen-bond acceptors (Lipinski definition) is 4. The molecule has 0 aromatic heterocycles. The summed E-state index contributed by atoms with van der Waals surface area (Å²) in [5.41, 5.74) is 3.05. The first kappa shape index (κ1) is 24.6. The summed E-state index contributed by atoms with van der Waals surface area (Å²) in [6, 6.07) is 19.9. The Hall–Kier alpha value is -3.51. The molecule has 1 N–H and O–H groups in total. The van der Waals surface area contributed by atoms with E-state index in [4.69, 9.17) is 21.1 Å². The molecule has 7 heteroatoms. The third-order valence-corrected chi connectivity index (χ3v) is 6.28. The summed E-state index contributed by atoms with van der Waals surface area (Å²) in [6.45, 7) is 2.36. The molecule has 4 rings (SSSR count). The van der Waals surface area contributed by atoms with Gasteiger partial charge in [0, 0.05) is 35.8 Å². The number of methoxy groups -OCH3 is 1. The van der Waals surface area contributed by atoms with Gasteiger partial charge in [-0.15, -0.1) is 0 Å². The van der Waals surface area contributed by atoms with Crippen LogP contribution in [-0.2, 0) is 13.2 Å². The Morgan fingerprint density at radius 3 is 2.20 bits per heavy atom. The van der Waals surface area contributed by atoms with Gasteiger partial charge < -0.3 is 19.7 Å². The van der Waals surface area contributed by atoms with Crippen LogP contribution in [0, 0.1) is 0 Å². The van der Waals surface area contributed by atoms with Crippen LogP contribution in [0.25, 0.3) is 0 Å². The van der Waals surface area contributed by atoms with Gasteiger partial charge in [0.15, 0.2) is 11.5 Å². The number of benzene rings is 3. The molecular weight excluding hydrogens is 464 g/mol. The fourth-order valence-electron chi connectivity index (χ4n) is 4.00. The number of halogens is 1. The van der Waals surface area contributed by atoms with E-state index in [0.717, 1.165) is 37.1 Å². The Balaban J connectivity index is 1.32. The first-order chi connectivity index (χ1) is 17.0. The molecule has 1 aliphatic heterocycles. The molecule has 3 aromatic carbocycles. The molecule has 0 saturated carbocycles. The van der Waals surface area contributed by atoms with Crippen LogP contribution in [0.1, 0.15) is 51.1 Å². The monoisotopic (exact) mass is 492 g/mol. The summed E-state index contributed by atoms with van der Waals surface area (Å²) >= 11 is 5.92. The number of carbonyl (C=O) groups is 2. The van der Waals surface area contributed by atoms with E-state index >= 15 is 0 Å². The van der Waals surface area contributed by atoms with E-state index in [-0.39, 0.29) is 11.8 Å². The van der Waals surface area contributed by atoms with Crippen molar-refractivity contribution >= 4 is 23.4 Å². The van der Waals surface area contributed by atoms with E-state index in [9.17, 15) is 9.59 Å². The van der Waals surface area contributed by atoms with Gasteiger partial charge in [0.2, 0.25) is 0 Å². The van der Waals surface area contributed by atoms with Gasteiger partial charge in [-0.25, -0.2) is 0 Å². The number of nitrogens with zero attached hydrogens (tertiary/aromatic N) is 1. The summed E-state index contributed by atoms with van der Waals surface area (Å²) in [5.74, 6) is 0.881. The van der Waals surface area contributed by atoms with Crippen molar-refractivity contribution in [3.05, 3.63) is 94.0 Å². The Morgan fingerprint density at radius 2 is 1.51 bits per heavy atom. The summed E-state index contributed by atoms with van der Waals surface area (Å²) in [4.78, 5) is 27.2. The standard InChI is InChI=1S/C28H29ClN2O4/c1-34-26-17-23(11-14-25(26)35-19-21-7-12-24(29)13-8-21)27(32)30-18-20-5-9-22(10-6-20)28(33)31-15-3-2-4-16-31/h5-14,17H,2-4,15-16,18-19H2,1H3,(H,30,32). The van der Waals surface area contributed by atoms with Crippen LogP contribution in [0.4, 0.5) is 0 Å². The van der Waals surface area contributed by atoms with Crippen LogP contribution in [0.2, 0.25) is 5.02 Å². The molecule has 0 bridgehead atoms. The lowest BCUT2D eigenvalue weighted by Gasteiger charge is -2.26. The highest BCUT2D eigenvalue weighted by Crippen LogP contribution is 2.29. The van der Waals surface area contributed by atoms with Gasteiger partial charge in [0.1, 0.15) is 6.61 Å². The Morgan fingerprint density at radius 1 is 0.857 bits per heavy atom. The Kier molecular flexibility index (Phi) is 8.27. The molecule has 1 heterocycles. The molecule has 0 unspecified atom stereocenters. The molecular formula is C28H29ClN2O4. The molecule has 35 heavy (non-hydrogen) atoms. The van der Waals surface area contributed by atoms with Crippen molar-refractivity contribution in [3.63, 3.8) is 0 Å². The number of amides is 2. The molecule has 6 nitrogen and oxygen atoms in total. The smallest absolute Gasteiger partial charge is 0.253 e. The highest BCUT2D eigenvalue weighted by molar-refractivity contribution is 6.30. The first-order valence-electron chi connectivity index (χ1n) is 11.7. The number of nitrogens with one attached hydrogen (secondary N) is 1. The number of likely N-dealkylation sites (tertiary alicyclic amines) is 1. The second kappa shape index (κ2) is 11.8. The highest BCUT2D eigenvalue weighted by atomic mass is 35.5. The molecule has 0 aliphatic carbocycles. The molecule has 0 atom stereocenters. The van der Waals surface area contributed by atoms with Gasteiger partial charge in [-0.2, -0.15) is 0 Å². The van der Waals surface area contributed by atoms with E-state index in [1.54, 1.807) is 25.3 Å².